The van der Waals surface area contributed by atoms with Crippen LogP contribution in [0.25, 0.3) is 11.1 Å². The van der Waals surface area contributed by atoms with Crippen LogP contribution < -0.4 is 5.32 Å². The molecule has 0 unspecified atom stereocenters. The third kappa shape index (κ3) is 4.11. The van der Waals surface area contributed by atoms with E-state index >= 15 is 0 Å². The summed E-state index contributed by atoms with van der Waals surface area (Å²) in [4.78, 5) is 16.0. The summed E-state index contributed by atoms with van der Waals surface area (Å²) in [6.45, 7) is 0. The summed E-state index contributed by atoms with van der Waals surface area (Å²) in [5, 5.41) is 11.8. The molecule has 0 saturated heterocycles. The second kappa shape index (κ2) is 8.01. The topological polar surface area (TPSA) is 74.5 Å². The Labute approximate surface area is 139 Å². The van der Waals surface area contributed by atoms with Crippen molar-refractivity contribution in [3.8, 4) is 17.3 Å². The number of carbonyl (C=O) groups is 1. The lowest BCUT2D eigenvalue weighted by atomic mass is 10.0. The predicted molar refractivity (Wildman–Crippen MR) is 92.6 cm³/mol. The number of methoxy groups -OCH3 is 1. The first-order valence-corrected chi connectivity index (χ1v) is 7.97. The zero-order valence-electron chi connectivity index (χ0n) is 12.7. The van der Waals surface area contributed by atoms with Crippen molar-refractivity contribution in [1.82, 2.24) is 5.32 Å². The second-order valence-electron chi connectivity index (χ2n) is 4.44. The number of esters is 1. The van der Waals surface area contributed by atoms with Gasteiger partial charge in [0, 0.05) is 5.56 Å². The molecule has 0 aliphatic rings. The van der Waals surface area contributed by atoms with Gasteiger partial charge < -0.3 is 4.74 Å². The van der Waals surface area contributed by atoms with Crippen LogP contribution in [0, 0.1) is 11.5 Å². The number of nitrogens with one attached hydrogen (secondary N) is 1. The number of hydrogen-bond donors (Lipinski definition) is 1. The van der Waals surface area contributed by atoms with Crippen molar-refractivity contribution in [3.63, 3.8) is 0 Å². The molecule has 0 radical (unpaired) electrons. The average molecular weight is 325 g/mol. The van der Waals surface area contributed by atoms with E-state index in [4.69, 9.17) is 10.00 Å². The number of benzene rings is 2. The van der Waals surface area contributed by atoms with Gasteiger partial charge in [-0.1, -0.05) is 42.1 Å². The summed E-state index contributed by atoms with van der Waals surface area (Å²) in [6.07, 6.45) is 3.72. The summed E-state index contributed by atoms with van der Waals surface area (Å²) in [5.74, 6) is -0.370. The minimum atomic E-state index is -0.370. The molecular formula is C17H15N3O2S. The first-order valence-electron chi connectivity index (χ1n) is 6.75. The number of carbonyl (C=O) groups excluding carboxylic acids is 1. The van der Waals surface area contributed by atoms with Crippen LogP contribution in [0.5, 0.6) is 0 Å². The Morgan fingerprint density at radius 1 is 1.22 bits per heavy atom. The standard InChI is InChI=1S/C17H15N3O2S/c1-22-16(21)13-9-7-12(8-10-13)14-5-3-4-6-15(14)20-17(23-2)19-11-18/h3-10H,1-2H3,(H,19,20). The molecule has 0 aliphatic carbocycles. The van der Waals surface area contributed by atoms with Crippen molar-refractivity contribution < 1.29 is 9.53 Å². The molecule has 0 spiro atoms. The van der Waals surface area contributed by atoms with Crippen LogP contribution in [-0.4, -0.2) is 24.5 Å². The van der Waals surface area contributed by atoms with E-state index in [2.05, 4.69) is 10.3 Å². The van der Waals surface area contributed by atoms with Crippen molar-refractivity contribution in [2.75, 3.05) is 13.4 Å². The molecule has 0 saturated carbocycles. The number of nitriles is 1. The number of rotatable bonds is 3. The van der Waals surface area contributed by atoms with E-state index in [0.29, 0.717) is 10.7 Å². The second-order valence-corrected chi connectivity index (χ2v) is 5.24. The molecular weight excluding hydrogens is 310 g/mol. The van der Waals surface area contributed by atoms with Crippen molar-refractivity contribution in [2.45, 2.75) is 0 Å². The number of nitrogens with zero attached hydrogens (tertiary/aromatic N) is 2. The molecule has 0 aliphatic heterocycles. The fraction of sp³-hybridized carbons (Fsp3) is 0.118. The van der Waals surface area contributed by atoms with Gasteiger partial charge in [-0.15, -0.1) is 0 Å². The van der Waals surface area contributed by atoms with Crippen LogP contribution in [0.4, 0.5) is 5.69 Å². The molecule has 23 heavy (non-hydrogen) atoms. The maximum Gasteiger partial charge on any atom is 0.337 e. The quantitative estimate of drug-likeness (QED) is 0.307. The number of aliphatic imine (C=N–C) groups is 1. The minimum absolute atomic E-state index is 0.370. The zero-order valence-corrected chi connectivity index (χ0v) is 13.6. The summed E-state index contributed by atoms with van der Waals surface area (Å²) in [5.41, 5.74) is 3.07. The number of hydrogen-bond acceptors (Lipinski definition) is 5. The largest absolute Gasteiger partial charge is 0.465 e. The van der Waals surface area contributed by atoms with Gasteiger partial charge in [-0.25, -0.2) is 9.79 Å². The average Bonchev–Trinajstić information content (AvgIpc) is 2.61. The highest BCUT2D eigenvalue weighted by Gasteiger charge is 2.08. The van der Waals surface area contributed by atoms with Crippen molar-refractivity contribution in [1.29, 1.82) is 5.26 Å². The Balaban J connectivity index is 2.41. The third-order valence-corrected chi connectivity index (χ3v) is 3.68. The predicted octanol–water partition coefficient (Wildman–Crippen LogP) is 3.56. The summed E-state index contributed by atoms with van der Waals surface area (Å²) >= 11 is 1.36. The molecule has 0 bridgehead atoms. The van der Waals surface area contributed by atoms with Crippen LogP contribution in [0.3, 0.4) is 0 Å². The van der Waals surface area contributed by atoms with E-state index < -0.39 is 0 Å². The SMILES string of the molecule is COC(=O)c1ccc(-c2ccccc2N=C(NC#N)SC)cc1. The Kier molecular flexibility index (Phi) is 5.78. The maximum atomic E-state index is 11.5. The smallest absolute Gasteiger partial charge is 0.337 e. The van der Waals surface area contributed by atoms with Gasteiger partial charge in [0.2, 0.25) is 0 Å². The molecule has 2 aromatic rings. The first-order chi connectivity index (χ1) is 11.2. The van der Waals surface area contributed by atoms with Crippen LogP contribution in [0.2, 0.25) is 0 Å². The van der Waals surface area contributed by atoms with Crippen molar-refractivity contribution >= 4 is 28.6 Å². The monoisotopic (exact) mass is 325 g/mol. The van der Waals surface area contributed by atoms with E-state index in [0.717, 1.165) is 16.8 Å². The first kappa shape index (κ1) is 16.6. The summed E-state index contributed by atoms with van der Waals surface area (Å²) in [6, 6.07) is 14.7. The van der Waals surface area contributed by atoms with E-state index in [1.54, 1.807) is 12.1 Å². The lowest BCUT2D eigenvalue weighted by Crippen LogP contribution is -2.12. The Morgan fingerprint density at radius 2 is 1.91 bits per heavy atom. The van der Waals surface area contributed by atoms with Gasteiger partial charge in [0.05, 0.1) is 18.4 Å². The summed E-state index contributed by atoms with van der Waals surface area (Å²) < 4.78 is 4.70. The molecule has 0 atom stereocenters. The number of para-hydroxylation sites is 1. The van der Waals surface area contributed by atoms with Gasteiger partial charge in [0.15, 0.2) is 11.4 Å². The van der Waals surface area contributed by atoms with Gasteiger partial charge >= 0.3 is 5.97 Å². The third-order valence-electron chi connectivity index (χ3n) is 3.10. The molecule has 0 amide bonds. The number of thioether (sulfide) groups is 1. The highest BCUT2D eigenvalue weighted by molar-refractivity contribution is 8.13. The molecule has 5 nitrogen and oxygen atoms in total. The van der Waals surface area contributed by atoms with Crippen LogP contribution in [0.15, 0.2) is 53.5 Å². The number of amidine groups is 1. The fourth-order valence-electron chi connectivity index (χ4n) is 2.00. The molecule has 116 valence electrons. The molecule has 2 aromatic carbocycles. The highest BCUT2D eigenvalue weighted by atomic mass is 32.2. The molecule has 0 aromatic heterocycles. The highest BCUT2D eigenvalue weighted by Crippen LogP contribution is 2.30. The lowest BCUT2D eigenvalue weighted by molar-refractivity contribution is 0.0601. The molecule has 0 fully saturated rings. The zero-order chi connectivity index (χ0) is 16.7. The van der Waals surface area contributed by atoms with E-state index in [1.807, 2.05) is 48.8 Å². The molecule has 0 heterocycles. The Hall–Kier alpha value is -2.78. The van der Waals surface area contributed by atoms with Crippen LogP contribution in [0.1, 0.15) is 10.4 Å². The molecule has 1 N–H and O–H groups in total. The van der Waals surface area contributed by atoms with Gasteiger partial charge in [-0.05, 0) is 30.0 Å². The maximum absolute atomic E-state index is 11.5. The van der Waals surface area contributed by atoms with Gasteiger partial charge in [-0.2, -0.15) is 5.26 Å². The normalized spacial score (nSPS) is 10.7. The minimum Gasteiger partial charge on any atom is -0.465 e. The van der Waals surface area contributed by atoms with Crippen molar-refractivity contribution in [2.24, 2.45) is 4.99 Å². The Bertz CT molecular complexity index is 764. The van der Waals surface area contributed by atoms with Crippen molar-refractivity contribution in [3.05, 3.63) is 54.1 Å². The lowest BCUT2D eigenvalue weighted by Gasteiger charge is -2.08. The van der Waals surface area contributed by atoms with Crippen LogP contribution in [-0.2, 0) is 4.74 Å². The van der Waals surface area contributed by atoms with Gasteiger partial charge in [0.25, 0.3) is 0 Å². The van der Waals surface area contributed by atoms with E-state index in [-0.39, 0.29) is 5.97 Å². The van der Waals surface area contributed by atoms with Gasteiger partial charge in [0.1, 0.15) is 0 Å². The fourth-order valence-corrected chi connectivity index (χ4v) is 2.34. The van der Waals surface area contributed by atoms with E-state index in [1.165, 1.54) is 18.9 Å². The van der Waals surface area contributed by atoms with Crippen LogP contribution >= 0.6 is 11.8 Å². The molecule has 2 rings (SSSR count). The van der Waals surface area contributed by atoms with Gasteiger partial charge in [-0.3, -0.25) is 5.32 Å². The Morgan fingerprint density at radius 3 is 2.52 bits per heavy atom. The number of ether oxygens (including phenoxy) is 1. The summed E-state index contributed by atoms with van der Waals surface area (Å²) in [7, 11) is 1.35. The van der Waals surface area contributed by atoms with E-state index in [9.17, 15) is 4.79 Å². The molecule has 6 heteroatoms.